The van der Waals surface area contributed by atoms with Crippen molar-refractivity contribution in [2.24, 2.45) is 5.41 Å². The smallest absolute Gasteiger partial charge is 0.272 e. The van der Waals surface area contributed by atoms with Gasteiger partial charge in [-0.05, 0) is 49.9 Å². The number of aromatic nitrogens is 1. The number of piperidine rings is 1. The minimum Gasteiger partial charge on any atom is -0.337 e. The molecule has 1 atom stereocenters. The summed E-state index contributed by atoms with van der Waals surface area (Å²) in [4.78, 5) is 22.0. The van der Waals surface area contributed by atoms with Crippen molar-refractivity contribution in [3.05, 3.63) is 77.7 Å². The van der Waals surface area contributed by atoms with Crippen LogP contribution in [-0.4, -0.2) is 53.4 Å². The number of rotatable bonds is 4. The molecule has 5 heteroatoms. The second kappa shape index (κ2) is 8.39. The van der Waals surface area contributed by atoms with Gasteiger partial charge in [-0.3, -0.25) is 4.79 Å². The van der Waals surface area contributed by atoms with E-state index in [-0.39, 0.29) is 22.7 Å². The van der Waals surface area contributed by atoms with Gasteiger partial charge in [0.25, 0.3) is 5.91 Å². The fourth-order valence-electron chi connectivity index (χ4n) is 5.27. The molecule has 2 saturated heterocycles. The molecule has 31 heavy (non-hydrogen) atoms. The van der Waals surface area contributed by atoms with E-state index in [0.29, 0.717) is 5.69 Å². The van der Waals surface area contributed by atoms with E-state index in [2.05, 4.69) is 40.2 Å². The first kappa shape index (κ1) is 20.1. The topological polar surface area (TPSA) is 36.4 Å². The zero-order chi connectivity index (χ0) is 21.3. The van der Waals surface area contributed by atoms with E-state index in [1.54, 1.807) is 18.2 Å². The molecule has 3 heterocycles. The van der Waals surface area contributed by atoms with Crippen LogP contribution in [0.1, 0.15) is 35.3 Å². The van der Waals surface area contributed by atoms with Gasteiger partial charge in [-0.1, -0.05) is 48.5 Å². The summed E-state index contributed by atoms with van der Waals surface area (Å²) in [5, 5.41) is 0.718. The van der Waals surface area contributed by atoms with Crippen molar-refractivity contribution in [2.75, 3.05) is 32.7 Å². The molecule has 3 aromatic rings. The molecular formula is C26H28FN3O. The minimum absolute atomic E-state index is 0.0802. The van der Waals surface area contributed by atoms with Gasteiger partial charge in [0.15, 0.2) is 0 Å². The number of hydrogen-bond donors (Lipinski definition) is 0. The number of likely N-dealkylation sites (tertiary alicyclic amines) is 2. The maximum absolute atomic E-state index is 14.1. The highest BCUT2D eigenvalue weighted by molar-refractivity contribution is 5.95. The summed E-state index contributed by atoms with van der Waals surface area (Å²) in [7, 11) is 0. The monoisotopic (exact) mass is 417 g/mol. The second-order valence-corrected chi connectivity index (χ2v) is 9.10. The molecule has 160 valence electrons. The lowest BCUT2D eigenvalue weighted by molar-refractivity contribution is 0.0688. The number of benzene rings is 2. The van der Waals surface area contributed by atoms with Gasteiger partial charge in [-0.15, -0.1) is 0 Å². The Balaban J connectivity index is 1.25. The Morgan fingerprint density at radius 2 is 1.84 bits per heavy atom. The normalized spacial score (nSPS) is 21.8. The van der Waals surface area contributed by atoms with Crippen LogP contribution in [0.2, 0.25) is 0 Å². The van der Waals surface area contributed by atoms with E-state index < -0.39 is 0 Å². The molecule has 4 nitrogen and oxygen atoms in total. The van der Waals surface area contributed by atoms with E-state index in [1.807, 2.05) is 11.0 Å². The van der Waals surface area contributed by atoms with Crippen molar-refractivity contribution in [3.8, 4) is 0 Å². The van der Waals surface area contributed by atoms with E-state index in [9.17, 15) is 9.18 Å². The van der Waals surface area contributed by atoms with Gasteiger partial charge in [0, 0.05) is 37.0 Å². The standard InChI is InChI=1S/C26H28FN3O/c27-22-9-4-8-21-10-11-23(28-24(21)22)25(31)30-17-14-26(19-30)13-5-15-29(18-26)16-12-20-6-2-1-3-7-20/h1-4,6-11H,5,12-19H2/t26-/m0/s1. The fraction of sp³-hybridized carbons (Fsp3) is 0.385. The molecule has 2 aliphatic heterocycles. The molecule has 0 bridgehead atoms. The molecule has 0 unspecified atom stereocenters. The summed E-state index contributed by atoms with van der Waals surface area (Å²) < 4.78 is 14.1. The fourth-order valence-corrected chi connectivity index (χ4v) is 5.27. The molecule has 5 rings (SSSR count). The predicted octanol–water partition coefficient (Wildman–Crippen LogP) is 4.54. The Kier molecular flexibility index (Phi) is 5.45. The Morgan fingerprint density at radius 1 is 0.968 bits per heavy atom. The van der Waals surface area contributed by atoms with Crippen LogP contribution in [0.5, 0.6) is 0 Å². The summed E-state index contributed by atoms with van der Waals surface area (Å²) >= 11 is 0. The average Bonchev–Trinajstić information content (AvgIpc) is 3.21. The predicted molar refractivity (Wildman–Crippen MR) is 120 cm³/mol. The van der Waals surface area contributed by atoms with Crippen LogP contribution in [0.4, 0.5) is 4.39 Å². The van der Waals surface area contributed by atoms with Crippen molar-refractivity contribution in [3.63, 3.8) is 0 Å². The van der Waals surface area contributed by atoms with Gasteiger partial charge in [-0.25, -0.2) is 9.37 Å². The first-order valence-electron chi connectivity index (χ1n) is 11.2. The SMILES string of the molecule is O=C(c1ccc2cccc(F)c2n1)N1CC[C@]2(CCCN(CCc3ccccc3)C2)C1. The van der Waals surface area contributed by atoms with Gasteiger partial charge in [0.05, 0.1) is 0 Å². The zero-order valence-corrected chi connectivity index (χ0v) is 17.8. The molecule has 0 radical (unpaired) electrons. The number of halogens is 1. The third-order valence-electron chi connectivity index (χ3n) is 6.92. The summed E-state index contributed by atoms with van der Waals surface area (Å²) in [5.41, 5.74) is 2.16. The van der Waals surface area contributed by atoms with Gasteiger partial charge in [-0.2, -0.15) is 0 Å². The van der Waals surface area contributed by atoms with Gasteiger partial charge >= 0.3 is 0 Å². The second-order valence-electron chi connectivity index (χ2n) is 9.10. The van der Waals surface area contributed by atoms with Crippen LogP contribution >= 0.6 is 0 Å². The number of para-hydroxylation sites is 1. The molecule has 0 saturated carbocycles. The maximum Gasteiger partial charge on any atom is 0.272 e. The third kappa shape index (κ3) is 4.19. The number of pyridine rings is 1. The number of carbonyl (C=O) groups excluding carboxylic acids is 1. The van der Waals surface area contributed by atoms with Crippen LogP contribution in [0.25, 0.3) is 10.9 Å². The lowest BCUT2D eigenvalue weighted by atomic mass is 9.79. The summed E-state index contributed by atoms with van der Waals surface area (Å²) in [6.45, 7) is 4.76. The number of carbonyl (C=O) groups is 1. The van der Waals surface area contributed by atoms with E-state index in [1.165, 1.54) is 24.5 Å². The Morgan fingerprint density at radius 3 is 2.71 bits per heavy atom. The number of fused-ring (bicyclic) bond motifs is 1. The first-order valence-corrected chi connectivity index (χ1v) is 11.2. The molecule has 2 aromatic carbocycles. The lowest BCUT2D eigenvalue weighted by Crippen LogP contribution is -2.46. The van der Waals surface area contributed by atoms with Crippen LogP contribution < -0.4 is 0 Å². The first-order chi connectivity index (χ1) is 15.1. The Labute approximate surface area is 182 Å². The number of hydrogen-bond acceptors (Lipinski definition) is 3. The summed E-state index contributed by atoms with van der Waals surface area (Å²) in [6.07, 6.45) is 4.43. The van der Waals surface area contributed by atoms with Crippen LogP contribution in [0, 0.1) is 11.2 Å². The van der Waals surface area contributed by atoms with Gasteiger partial charge in [0.2, 0.25) is 0 Å². The molecule has 1 amide bonds. The summed E-state index contributed by atoms with van der Waals surface area (Å²) in [6, 6.07) is 19.0. The molecular weight excluding hydrogens is 389 g/mol. The van der Waals surface area contributed by atoms with E-state index >= 15 is 0 Å². The molecule has 1 spiro atoms. The number of amides is 1. The minimum atomic E-state index is -0.383. The van der Waals surface area contributed by atoms with Gasteiger partial charge in [0.1, 0.15) is 17.0 Å². The molecule has 0 N–H and O–H groups in total. The quantitative estimate of drug-likeness (QED) is 0.625. The molecule has 2 fully saturated rings. The van der Waals surface area contributed by atoms with Crippen molar-refractivity contribution in [1.82, 2.24) is 14.8 Å². The molecule has 0 aliphatic carbocycles. The summed E-state index contributed by atoms with van der Waals surface area (Å²) in [5.74, 6) is -0.463. The van der Waals surface area contributed by atoms with Crippen molar-refractivity contribution in [1.29, 1.82) is 0 Å². The Hall–Kier alpha value is -2.79. The highest BCUT2D eigenvalue weighted by atomic mass is 19.1. The largest absolute Gasteiger partial charge is 0.337 e. The highest BCUT2D eigenvalue weighted by Crippen LogP contribution is 2.39. The Bertz CT molecular complexity index is 1090. The van der Waals surface area contributed by atoms with E-state index in [4.69, 9.17) is 0 Å². The van der Waals surface area contributed by atoms with Gasteiger partial charge < -0.3 is 9.80 Å². The van der Waals surface area contributed by atoms with Crippen molar-refractivity contribution < 1.29 is 9.18 Å². The van der Waals surface area contributed by atoms with Crippen molar-refractivity contribution in [2.45, 2.75) is 25.7 Å². The van der Waals surface area contributed by atoms with Crippen LogP contribution in [0.3, 0.4) is 0 Å². The third-order valence-corrected chi connectivity index (χ3v) is 6.92. The van der Waals surface area contributed by atoms with Crippen molar-refractivity contribution >= 4 is 16.8 Å². The lowest BCUT2D eigenvalue weighted by Gasteiger charge is -2.40. The van der Waals surface area contributed by atoms with E-state index in [0.717, 1.165) is 51.0 Å². The molecule has 1 aromatic heterocycles. The highest BCUT2D eigenvalue weighted by Gasteiger charge is 2.43. The number of nitrogens with zero attached hydrogens (tertiary/aromatic N) is 3. The average molecular weight is 418 g/mol. The molecule has 2 aliphatic rings. The zero-order valence-electron chi connectivity index (χ0n) is 17.8. The van der Waals surface area contributed by atoms with Crippen LogP contribution in [0.15, 0.2) is 60.7 Å². The van der Waals surface area contributed by atoms with Crippen LogP contribution in [-0.2, 0) is 6.42 Å². The maximum atomic E-state index is 14.1.